The zero-order valence-electron chi connectivity index (χ0n) is 12.9. The van der Waals surface area contributed by atoms with Gasteiger partial charge in [0.25, 0.3) is 0 Å². The van der Waals surface area contributed by atoms with Crippen molar-refractivity contribution in [1.82, 2.24) is 4.90 Å². The maximum atomic E-state index is 12.0. The summed E-state index contributed by atoms with van der Waals surface area (Å²) in [6, 6.07) is 11.9. The van der Waals surface area contributed by atoms with E-state index in [-0.39, 0.29) is 0 Å². The van der Waals surface area contributed by atoms with Crippen LogP contribution in [0.5, 0.6) is 5.75 Å². The van der Waals surface area contributed by atoms with Crippen molar-refractivity contribution >= 4 is 16.7 Å². The Labute approximate surface area is 131 Å². The van der Waals surface area contributed by atoms with Gasteiger partial charge in [-0.25, -0.2) is 0 Å². The van der Waals surface area contributed by atoms with Gasteiger partial charge in [0, 0.05) is 24.9 Å². The molecule has 0 aromatic heterocycles. The van der Waals surface area contributed by atoms with Crippen molar-refractivity contribution in [3.63, 3.8) is 0 Å². The molecule has 1 amide bonds. The van der Waals surface area contributed by atoms with Gasteiger partial charge in [-0.05, 0) is 43.1 Å². The number of amides is 1. The fraction of sp³-hybridized carbons (Fsp3) is 0.421. The minimum atomic E-state index is 0.292. The Morgan fingerprint density at radius 1 is 1.05 bits per heavy atom. The molecule has 0 bridgehead atoms. The number of nitrogens with zero attached hydrogens (tertiary/aromatic N) is 1. The van der Waals surface area contributed by atoms with Gasteiger partial charge < -0.3 is 10.0 Å². The molecule has 0 aliphatic carbocycles. The van der Waals surface area contributed by atoms with Crippen LogP contribution in [0, 0.1) is 0 Å². The predicted molar refractivity (Wildman–Crippen MR) is 89.0 cm³/mol. The maximum Gasteiger partial charge on any atom is 0.222 e. The van der Waals surface area contributed by atoms with Gasteiger partial charge in [0.05, 0.1) is 0 Å². The van der Waals surface area contributed by atoms with E-state index in [1.165, 1.54) is 0 Å². The van der Waals surface area contributed by atoms with Crippen LogP contribution in [0.2, 0.25) is 0 Å². The summed E-state index contributed by atoms with van der Waals surface area (Å²) in [6.45, 7) is 1.87. The molecule has 1 saturated heterocycles. The standard InChI is InChI=1S/C19H23NO2/c21-18(20-13-5-6-14-20)10-4-2-8-16-12-11-15-7-1-3-9-17(15)19(16)22/h1,3,7,9,11-12,22H,2,4-6,8,10,13-14H2. The Balaban J connectivity index is 1.53. The summed E-state index contributed by atoms with van der Waals surface area (Å²) in [5.41, 5.74) is 0.979. The normalized spacial score (nSPS) is 14.6. The van der Waals surface area contributed by atoms with E-state index in [1.54, 1.807) is 0 Å². The summed E-state index contributed by atoms with van der Waals surface area (Å²) in [5.74, 6) is 0.684. The first-order valence-corrected chi connectivity index (χ1v) is 8.23. The average molecular weight is 297 g/mol. The number of aromatic hydroxyl groups is 1. The average Bonchev–Trinajstić information content (AvgIpc) is 3.08. The number of hydrogen-bond donors (Lipinski definition) is 1. The summed E-state index contributed by atoms with van der Waals surface area (Å²) in [5, 5.41) is 12.3. The number of phenolic OH excluding ortho intramolecular Hbond substituents is 1. The minimum Gasteiger partial charge on any atom is -0.507 e. The van der Waals surface area contributed by atoms with Crippen molar-refractivity contribution in [2.24, 2.45) is 0 Å². The van der Waals surface area contributed by atoms with Crippen molar-refractivity contribution in [3.8, 4) is 5.75 Å². The van der Waals surface area contributed by atoms with Crippen LogP contribution in [-0.2, 0) is 11.2 Å². The van der Waals surface area contributed by atoms with Crippen LogP contribution < -0.4 is 0 Å². The number of rotatable bonds is 5. The SMILES string of the molecule is O=C(CCCCc1ccc2ccccc2c1O)N1CCCC1. The molecule has 3 nitrogen and oxygen atoms in total. The van der Waals surface area contributed by atoms with Gasteiger partial charge in [-0.15, -0.1) is 0 Å². The Kier molecular flexibility index (Phi) is 4.62. The van der Waals surface area contributed by atoms with Crippen LogP contribution in [0.3, 0.4) is 0 Å². The first-order chi connectivity index (χ1) is 10.8. The molecule has 0 saturated carbocycles. The lowest BCUT2D eigenvalue weighted by Crippen LogP contribution is -2.27. The van der Waals surface area contributed by atoms with E-state index in [9.17, 15) is 9.90 Å². The monoisotopic (exact) mass is 297 g/mol. The van der Waals surface area contributed by atoms with Crippen LogP contribution in [0.15, 0.2) is 36.4 Å². The van der Waals surface area contributed by atoms with Gasteiger partial charge in [-0.2, -0.15) is 0 Å². The van der Waals surface area contributed by atoms with Gasteiger partial charge in [0.1, 0.15) is 5.75 Å². The van der Waals surface area contributed by atoms with Crippen molar-refractivity contribution in [2.75, 3.05) is 13.1 Å². The Hall–Kier alpha value is -2.03. The zero-order chi connectivity index (χ0) is 15.4. The second-order valence-corrected chi connectivity index (χ2v) is 6.09. The first kappa shape index (κ1) is 14.9. The van der Waals surface area contributed by atoms with Gasteiger partial charge in [-0.1, -0.05) is 36.4 Å². The smallest absolute Gasteiger partial charge is 0.222 e. The summed E-state index contributed by atoms with van der Waals surface area (Å²) in [4.78, 5) is 14.0. The molecule has 0 radical (unpaired) electrons. The number of phenols is 1. The van der Waals surface area contributed by atoms with Crippen LogP contribution >= 0.6 is 0 Å². The molecule has 1 fully saturated rings. The number of aryl methyl sites for hydroxylation is 1. The topological polar surface area (TPSA) is 40.5 Å². The highest BCUT2D eigenvalue weighted by atomic mass is 16.3. The fourth-order valence-corrected chi connectivity index (χ4v) is 3.22. The molecule has 2 aromatic carbocycles. The number of carbonyl (C=O) groups excluding carboxylic acids is 1. The lowest BCUT2D eigenvalue weighted by Gasteiger charge is -2.15. The van der Waals surface area contributed by atoms with Crippen molar-refractivity contribution in [3.05, 3.63) is 42.0 Å². The predicted octanol–water partition coefficient (Wildman–Crippen LogP) is 3.88. The van der Waals surface area contributed by atoms with Crippen molar-refractivity contribution in [1.29, 1.82) is 0 Å². The number of carbonyl (C=O) groups is 1. The summed E-state index contributed by atoms with van der Waals surface area (Å²) in [7, 11) is 0. The van der Waals surface area contributed by atoms with Gasteiger partial charge >= 0.3 is 0 Å². The van der Waals surface area contributed by atoms with Crippen LogP contribution in [0.25, 0.3) is 10.8 Å². The molecule has 0 unspecified atom stereocenters. The molecule has 22 heavy (non-hydrogen) atoms. The number of hydrogen-bond acceptors (Lipinski definition) is 2. The summed E-state index contributed by atoms with van der Waals surface area (Å²) in [6.07, 6.45) is 5.58. The van der Waals surface area contributed by atoms with E-state index >= 15 is 0 Å². The summed E-state index contributed by atoms with van der Waals surface area (Å²) >= 11 is 0. The van der Waals surface area contributed by atoms with Gasteiger partial charge in [-0.3, -0.25) is 4.79 Å². The third-order valence-corrected chi connectivity index (χ3v) is 4.53. The quantitative estimate of drug-likeness (QED) is 0.851. The molecule has 116 valence electrons. The van der Waals surface area contributed by atoms with E-state index in [0.29, 0.717) is 18.1 Å². The van der Waals surface area contributed by atoms with Crippen LogP contribution in [0.1, 0.15) is 37.7 Å². The largest absolute Gasteiger partial charge is 0.507 e. The molecule has 3 rings (SSSR count). The molecule has 1 N–H and O–H groups in total. The lowest BCUT2D eigenvalue weighted by molar-refractivity contribution is -0.130. The molecular weight excluding hydrogens is 274 g/mol. The summed E-state index contributed by atoms with van der Waals surface area (Å²) < 4.78 is 0. The Bertz CT molecular complexity index is 660. The Morgan fingerprint density at radius 3 is 2.64 bits per heavy atom. The van der Waals surface area contributed by atoms with Crippen LogP contribution in [0.4, 0.5) is 0 Å². The highest BCUT2D eigenvalue weighted by molar-refractivity contribution is 5.89. The van der Waals surface area contributed by atoms with E-state index < -0.39 is 0 Å². The Morgan fingerprint density at radius 2 is 1.82 bits per heavy atom. The highest BCUT2D eigenvalue weighted by Crippen LogP contribution is 2.29. The second-order valence-electron chi connectivity index (χ2n) is 6.09. The molecule has 1 aliphatic rings. The third-order valence-electron chi connectivity index (χ3n) is 4.53. The van der Waals surface area contributed by atoms with E-state index in [4.69, 9.17) is 0 Å². The van der Waals surface area contributed by atoms with E-state index in [0.717, 1.165) is 61.5 Å². The molecular formula is C19H23NO2. The van der Waals surface area contributed by atoms with Crippen molar-refractivity contribution < 1.29 is 9.90 Å². The third kappa shape index (κ3) is 3.24. The van der Waals surface area contributed by atoms with Crippen LogP contribution in [-0.4, -0.2) is 29.0 Å². The lowest BCUT2D eigenvalue weighted by atomic mass is 10.0. The molecule has 3 heteroatoms. The second kappa shape index (κ2) is 6.82. The van der Waals surface area contributed by atoms with E-state index in [2.05, 4.69) is 6.07 Å². The molecule has 0 spiro atoms. The molecule has 1 heterocycles. The fourth-order valence-electron chi connectivity index (χ4n) is 3.22. The molecule has 2 aromatic rings. The van der Waals surface area contributed by atoms with E-state index in [1.807, 2.05) is 35.2 Å². The van der Waals surface area contributed by atoms with Gasteiger partial charge in [0.2, 0.25) is 5.91 Å². The molecule has 0 atom stereocenters. The number of benzene rings is 2. The molecule has 1 aliphatic heterocycles. The first-order valence-electron chi connectivity index (χ1n) is 8.23. The van der Waals surface area contributed by atoms with Gasteiger partial charge in [0.15, 0.2) is 0 Å². The highest BCUT2D eigenvalue weighted by Gasteiger charge is 2.17. The number of unbranched alkanes of at least 4 members (excludes halogenated alkanes) is 1. The maximum absolute atomic E-state index is 12.0. The van der Waals surface area contributed by atoms with Crippen molar-refractivity contribution in [2.45, 2.75) is 38.5 Å². The number of fused-ring (bicyclic) bond motifs is 1. The zero-order valence-corrected chi connectivity index (χ0v) is 12.9. The number of likely N-dealkylation sites (tertiary alicyclic amines) is 1. The minimum absolute atomic E-state index is 0.292.